The van der Waals surface area contributed by atoms with E-state index in [1.165, 1.54) is 0 Å². The molecule has 0 aromatic rings. The second-order valence-electron chi connectivity index (χ2n) is 3.32. The van der Waals surface area contributed by atoms with Crippen LogP contribution in [-0.2, 0) is 4.74 Å². The van der Waals surface area contributed by atoms with Crippen molar-refractivity contribution in [1.82, 2.24) is 0 Å². The number of allylic oxidation sites excluding steroid dienone is 1. The fraction of sp³-hybridized carbons (Fsp3) is 0.750. The van der Waals surface area contributed by atoms with Gasteiger partial charge in [-0.05, 0) is 20.8 Å². The minimum atomic E-state index is -0.0999. The standard InChI is InChI=1S/C8H15O.Rf/c1-7(2)6-9-8(3,4)5;/h1-5H3;/q-1;. The Kier molecular flexibility index (Phi) is 4.02. The number of rotatable bonds is 1. The van der Waals surface area contributed by atoms with Crippen molar-refractivity contribution in [1.29, 1.82) is 0 Å². The summed E-state index contributed by atoms with van der Waals surface area (Å²) in [4.78, 5) is 0. The first-order valence-electron chi connectivity index (χ1n) is 3.16. The van der Waals surface area contributed by atoms with Gasteiger partial charge in [-0.2, -0.15) is 0 Å². The van der Waals surface area contributed by atoms with Gasteiger partial charge in [-0.25, -0.2) is 5.57 Å². The van der Waals surface area contributed by atoms with E-state index in [0.29, 0.717) is 0 Å². The van der Waals surface area contributed by atoms with Gasteiger partial charge in [0, 0.05) is 0 Å². The van der Waals surface area contributed by atoms with Crippen LogP contribution in [0.2, 0.25) is 0 Å². The van der Waals surface area contributed by atoms with E-state index in [9.17, 15) is 0 Å². The summed E-state index contributed by atoms with van der Waals surface area (Å²) in [7, 11) is 0. The first kappa shape index (κ1) is 11.4. The molecule has 0 aliphatic carbocycles. The quantitative estimate of drug-likeness (QED) is 0.491. The second-order valence-corrected chi connectivity index (χ2v) is 3.32. The molecule has 10 heavy (non-hydrogen) atoms. The van der Waals surface area contributed by atoms with Crippen LogP contribution < -0.4 is 0 Å². The molecule has 56 valence electrons. The summed E-state index contributed by atoms with van der Waals surface area (Å²) in [6.07, 6.45) is 2.80. The monoisotopic (exact) mass is 394 g/mol. The molecule has 0 amide bonds. The van der Waals surface area contributed by atoms with Gasteiger partial charge >= 0.3 is 0 Å². The van der Waals surface area contributed by atoms with Gasteiger partial charge in [0.1, 0.15) is 0 Å². The van der Waals surface area contributed by atoms with Crippen molar-refractivity contribution < 1.29 is 4.74 Å². The molecule has 0 aliphatic heterocycles. The van der Waals surface area contributed by atoms with E-state index in [1.54, 1.807) is 0 Å². The first-order chi connectivity index (χ1) is 3.92. The minimum absolute atomic E-state index is 0. The summed E-state index contributed by atoms with van der Waals surface area (Å²) >= 11 is 0. The Morgan fingerprint density at radius 1 is 1.20 bits per heavy atom. The fourth-order valence-corrected chi connectivity index (χ4v) is 0.255. The van der Waals surface area contributed by atoms with Gasteiger partial charge in [0.25, 0.3) is 0 Å². The Hall–Kier alpha value is -1.46. The Morgan fingerprint density at radius 3 is 1.70 bits per heavy atom. The van der Waals surface area contributed by atoms with Gasteiger partial charge in [-0.1, -0.05) is 13.8 Å². The normalized spacial score (nSPS) is 9.70. The second kappa shape index (κ2) is 3.54. The topological polar surface area (TPSA) is 9.23 Å². The van der Waals surface area contributed by atoms with Crippen LogP contribution >= 0.6 is 0 Å². The van der Waals surface area contributed by atoms with E-state index < -0.39 is 0 Å². The molecule has 0 aromatic heterocycles. The molecule has 2 heteroatoms. The van der Waals surface area contributed by atoms with Gasteiger partial charge in [-0.15, -0.1) is 0 Å². The Balaban J connectivity index is 0. The predicted molar refractivity (Wildman–Crippen MR) is 38.9 cm³/mol. The first-order valence-corrected chi connectivity index (χ1v) is 3.16. The van der Waals surface area contributed by atoms with E-state index in [4.69, 9.17) is 4.74 Å². The predicted octanol–water partition coefficient (Wildman–Crippen LogP) is 2.53. The summed E-state index contributed by atoms with van der Waals surface area (Å²) in [5, 5.41) is 0. The van der Waals surface area contributed by atoms with Gasteiger partial charge in [0.2, 0.25) is 0 Å². The summed E-state index contributed by atoms with van der Waals surface area (Å²) in [6.45, 7) is 9.94. The van der Waals surface area contributed by atoms with Crippen molar-refractivity contribution >= 4 is 0 Å². The Labute approximate surface area is 57.7 Å². The zero-order chi connectivity index (χ0) is 7.49. The molecular formula is C8H15ORf-. The van der Waals surface area contributed by atoms with Crippen LogP contribution in [0.3, 0.4) is 0 Å². The van der Waals surface area contributed by atoms with Crippen molar-refractivity contribution in [2.75, 3.05) is 0 Å². The zero-order valence-electron chi connectivity index (χ0n) is 7.62. The van der Waals surface area contributed by atoms with E-state index in [2.05, 4.69) is 6.26 Å². The number of ether oxygens (including phenoxy) is 1. The SMILES string of the molecule is CC(C)=[C-]OC(C)(C)C.[Rf]. The molecule has 0 heterocycles. The molecule has 0 saturated heterocycles. The van der Waals surface area contributed by atoms with E-state index in [1.807, 2.05) is 34.6 Å². The fourth-order valence-electron chi connectivity index (χ4n) is 0.255. The van der Waals surface area contributed by atoms with Crippen LogP contribution in [0.25, 0.3) is 0 Å². The van der Waals surface area contributed by atoms with E-state index >= 15 is 0 Å². The molecular weight excluding hydrogens is 379 g/mol. The maximum Gasteiger partial charge on any atom is 0.0596 e. The van der Waals surface area contributed by atoms with Gasteiger partial charge < -0.3 is 11.0 Å². The van der Waals surface area contributed by atoms with Crippen molar-refractivity contribution in [3.63, 3.8) is 0 Å². The maximum atomic E-state index is 5.20. The molecule has 0 unspecified atom stereocenters. The molecule has 0 N–H and O–H groups in total. The zero-order valence-corrected chi connectivity index (χ0v) is 14.0. The van der Waals surface area contributed by atoms with Crippen molar-refractivity contribution in [3.8, 4) is 0 Å². The van der Waals surface area contributed by atoms with Crippen LogP contribution in [0, 0.1) is 6.26 Å². The number of hydrogen-bond acceptors (Lipinski definition) is 1. The van der Waals surface area contributed by atoms with Crippen LogP contribution in [0.15, 0.2) is 5.57 Å². The van der Waals surface area contributed by atoms with Crippen molar-refractivity contribution in [2.24, 2.45) is 0 Å². The molecule has 0 bridgehead atoms. The van der Waals surface area contributed by atoms with E-state index in [-0.39, 0.29) is 5.60 Å². The summed E-state index contributed by atoms with van der Waals surface area (Å²) in [5.41, 5.74) is 0.974. The molecule has 0 aliphatic rings. The number of hydrogen-bond donors (Lipinski definition) is 0. The summed E-state index contributed by atoms with van der Waals surface area (Å²) in [6, 6.07) is 0. The summed E-state index contributed by atoms with van der Waals surface area (Å²) < 4.78 is 5.20. The Morgan fingerprint density at radius 2 is 1.60 bits per heavy atom. The third-order valence-corrected chi connectivity index (χ3v) is 0.561. The Bertz CT molecular complexity index is 107. The molecule has 0 fully saturated rings. The van der Waals surface area contributed by atoms with Crippen molar-refractivity contribution in [2.45, 2.75) is 40.2 Å². The third-order valence-electron chi connectivity index (χ3n) is 0.561. The van der Waals surface area contributed by atoms with E-state index in [0.717, 1.165) is 5.57 Å². The van der Waals surface area contributed by atoms with Crippen LogP contribution in [0.1, 0.15) is 34.6 Å². The largest absolute Gasteiger partial charge is 0.689 e. The van der Waals surface area contributed by atoms with Crippen molar-refractivity contribution in [3.05, 3.63) is 11.8 Å². The molecule has 0 aromatic carbocycles. The van der Waals surface area contributed by atoms with Gasteiger partial charge in [-0.3, -0.25) is 0 Å². The average Bonchev–Trinajstić information content (AvgIpc) is 1.59. The molecule has 0 saturated carbocycles. The molecule has 1 nitrogen and oxygen atoms in total. The average molecular weight is 394 g/mol. The molecule has 0 rings (SSSR count). The van der Waals surface area contributed by atoms with Crippen LogP contribution in [0.4, 0.5) is 0 Å². The van der Waals surface area contributed by atoms with Gasteiger partial charge in [0.15, 0.2) is 0 Å². The molecule has 0 radical (unpaired) electrons. The maximum absolute atomic E-state index is 5.20. The third kappa shape index (κ3) is 9.74. The van der Waals surface area contributed by atoms with Crippen LogP contribution in [0.5, 0.6) is 0 Å². The molecule has 0 atom stereocenters. The minimum Gasteiger partial charge on any atom is -0.689 e. The molecule has 0 spiro atoms. The van der Waals surface area contributed by atoms with Gasteiger partial charge in [0.05, 0.1) is 5.60 Å². The summed E-state index contributed by atoms with van der Waals surface area (Å²) in [5.74, 6) is 0. The smallest absolute Gasteiger partial charge is 0.0596 e. The van der Waals surface area contributed by atoms with Crippen LogP contribution in [-0.4, -0.2) is 5.60 Å².